The molecular formula is C25H40N7O18P3S. The van der Waals surface area contributed by atoms with E-state index in [9.17, 15) is 57.9 Å². The van der Waals surface area contributed by atoms with E-state index in [0.717, 1.165) is 29.0 Å². The maximum Gasteiger partial charge on any atom is 0.500 e. The van der Waals surface area contributed by atoms with E-state index < -0.39 is 84.6 Å². The van der Waals surface area contributed by atoms with Crippen LogP contribution in [0.3, 0.4) is 0 Å². The molecule has 0 saturated carbocycles. The van der Waals surface area contributed by atoms with E-state index in [4.69, 9.17) is 15.0 Å². The van der Waals surface area contributed by atoms with Gasteiger partial charge in [0.1, 0.15) is 36.3 Å². The highest BCUT2D eigenvalue weighted by Crippen LogP contribution is 2.54. The molecule has 2 aromatic heterocycles. The third-order valence-electron chi connectivity index (χ3n) is 7.10. The number of anilines is 1. The van der Waals surface area contributed by atoms with E-state index >= 15 is 0 Å². The molecule has 7 atom stereocenters. The van der Waals surface area contributed by atoms with Crippen molar-refractivity contribution in [2.24, 2.45) is 5.41 Å². The predicted molar refractivity (Wildman–Crippen MR) is 183 cm³/mol. The van der Waals surface area contributed by atoms with Crippen LogP contribution in [0.5, 0.6) is 0 Å². The summed E-state index contributed by atoms with van der Waals surface area (Å²) in [7, 11) is -16.2. The van der Waals surface area contributed by atoms with Crippen molar-refractivity contribution in [3.63, 3.8) is 0 Å². The van der Waals surface area contributed by atoms with Gasteiger partial charge >= 0.3 is 23.5 Å². The zero-order valence-corrected chi connectivity index (χ0v) is 32.2. The number of phosphoric acid groups is 3. The molecule has 1 aliphatic rings. The Kier molecular flexibility index (Phi) is 16.0. The quantitative estimate of drug-likeness (QED) is 0.0243. The first kappa shape index (κ1) is 45.6. The molecule has 2 unspecified atom stereocenters. The Bertz CT molecular complexity index is 1830. The Labute approximate surface area is 310 Å². The number of rotatable bonds is 21. The Balaban J connectivity index is 1.49. The SMILES string of the molecule is C=C(C)C(=O)SCCNC(=O)CCNC(=O)[C@@H](O)C(C)(C)COP(=O)(O)OOP(=O)(O)OC[C@H]1O[C@@H](n2cnc3c(N)ncnc32)[C@H](O)[C@@H]1OP(=O)(O)O. The molecule has 25 nitrogen and oxygen atoms in total. The van der Waals surface area contributed by atoms with Crippen molar-refractivity contribution >= 4 is 69.1 Å². The molecule has 0 bridgehead atoms. The average Bonchev–Trinajstić information content (AvgIpc) is 3.64. The highest BCUT2D eigenvalue weighted by atomic mass is 32.2. The van der Waals surface area contributed by atoms with Gasteiger partial charge in [0.25, 0.3) is 0 Å². The minimum atomic E-state index is -5.47. The minimum absolute atomic E-state index is 0.0313. The van der Waals surface area contributed by atoms with Gasteiger partial charge in [-0.05, 0) is 12.5 Å². The second-order valence-corrected chi connectivity index (χ2v) is 17.0. The summed E-state index contributed by atoms with van der Waals surface area (Å²) >= 11 is 0.979. The Morgan fingerprint density at radius 3 is 2.35 bits per heavy atom. The first-order chi connectivity index (χ1) is 24.9. The summed E-state index contributed by atoms with van der Waals surface area (Å²) in [4.78, 5) is 86.4. The van der Waals surface area contributed by atoms with Crippen molar-refractivity contribution in [2.75, 3.05) is 37.8 Å². The minimum Gasteiger partial charge on any atom is -0.386 e. The molecule has 1 fully saturated rings. The van der Waals surface area contributed by atoms with Crippen LogP contribution in [0.15, 0.2) is 24.8 Å². The number of ether oxygens (including phenoxy) is 1. The second-order valence-electron chi connectivity index (χ2n) is 12.1. The number of nitrogen functional groups attached to an aromatic ring is 1. The van der Waals surface area contributed by atoms with Gasteiger partial charge in [0.05, 0.1) is 19.5 Å². The number of nitrogens with one attached hydrogen (secondary N) is 2. The molecular weight excluding hydrogens is 811 g/mol. The van der Waals surface area contributed by atoms with E-state index in [2.05, 4.69) is 50.6 Å². The molecule has 0 radical (unpaired) electrons. The standard InChI is InChI=1S/C25H40N7O18P3S/c1-13(2)24(37)54-8-7-27-15(33)5-6-28-22(36)19(35)25(3,4)10-46-53(43,44)50-49-52(41,42)45-9-14-18(48-51(38,39)40)17(34)23(47-14)32-12-31-16-20(26)29-11-30-21(16)32/h11-12,14,17-19,23,34-35H,1,5-10H2,2-4H3,(H,27,33)(H,28,36)(H,41,42)(H,43,44)(H2,26,29,30)(H2,38,39,40)/t14-,17-,18-,19-,23-/m1/s1. The first-order valence-electron chi connectivity index (χ1n) is 15.3. The lowest BCUT2D eigenvalue weighted by Crippen LogP contribution is -2.46. The van der Waals surface area contributed by atoms with Crippen LogP contribution in [0.25, 0.3) is 11.2 Å². The molecule has 304 valence electrons. The number of carbonyl (C=O) groups is 3. The van der Waals surface area contributed by atoms with Gasteiger partial charge in [-0.25, -0.2) is 28.6 Å². The number of aliphatic hydroxyl groups is 2. The van der Waals surface area contributed by atoms with Crippen LogP contribution in [0.2, 0.25) is 0 Å². The third-order valence-corrected chi connectivity index (χ3v) is 10.2. The number of carbonyl (C=O) groups excluding carboxylic acids is 3. The topological polar surface area (TPSA) is 373 Å². The number of nitrogens with two attached hydrogens (primary N) is 1. The maximum atomic E-state index is 12.5. The Hall–Kier alpha value is -2.74. The van der Waals surface area contributed by atoms with E-state index in [1.807, 2.05) is 0 Å². The van der Waals surface area contributed by atoms with Crippen LogP contribution < -0.4 is 16.4 Å². The number of hydrogen-bond acceptors (Lipinski definition) is 19. The average molecular weight is 852 g/mol. The number of thioether (sulfide) groups is 1. The van der Waals surface area contributed by atoms with E-state index in [1.165, 1.54) is 13.8 Å². The smallest absolute Gasteiger partial charge is 0.386 e. The molecule has 0 spiro atoms. The van der Waals surface area contributed by atoms with Gasteiger partial charge in [-0.3, -0.25) is 32.5 Å². The van der Waals surface area contributed by atoms with E-state index in [0.29, 0.717) is 11.3 Å². The number of aromatic nitrogens is 4. The first-order valence-corrected chi connectivity index (χ1v) is 20.8. The Morgan fingerprint density at radius 1 is 1.07 bits per heavy atom. The van der Waals surface area contributed by atoms with Crippen molar-refractivity contribution in [1.82, 2.24) is 30.2 Å². The fourth-order valence-corrected chi connectivity index (χ4v) is 7.15. The molecule has 54 heavy (non-hydrogen) atoms. The fraction of sp³-hybridized carbons (Fsp3) is 0.600. The zero-order chi connectivity index (χ0) is 40.6. The van der Waals surface area contributed by atoms with Crippen LogP contribution in [-0.2, 0) is 55.7 Å². The number of fused-ring (bicyclic) bond motifs is 1. The molecule has 0 aliphatic carbocycles. The molecule has 1 saturated heterocycles. The van der Waals surface area contributed by atoms with Gasteiger partial charge in [-0.1, -0.05) is 32.2 Å². The molecule has 3 heterocycles. The summed E-state index contributed by atoms with van der Waals surface area (Å²) in [5, 5.41) is 26.0. The predicted octanol–water partition coefficient (Wildman–Crippen LogP) is -0.828. The van der Waals surface area contributed by atoms with Gasteiger partial charge in [0.15, 0.2) is 17.7 Å². The molecule has 3 rings (SSSR count). The lowest BCUT2D eigenvalue weighted by molar-refractivity contribution is -0.158. The van der Waals surface area contributed by atoms with Crippen molar-refractivity contribution in [3.8, 4) is 0 Å². The number of amides is 2. The van der Waals surface area contributed by atoms with E-state index in [-0.39, 0.29) is 41.6 Å². The highest BCUT2D eigenvalue weighted by molar-refractivity contribution is 8.14. The second kappa shape index (κ2) is 18.9. The number of nitrogens with zero attached hydrogens (tertiary/aromatic N) is 4. The van der Waals surface area contributed by atoms with Gasteiger partial charge in [0.2, 0.25) is 16.9 Å². The van der Waals surface area contributed by atoms with Gasteiger partial charge < -0.3 is 50.9 Å². The fourth-order valence-electron chi connectivity index (χ4n) is 4.35. The molecule has 0 aromatic carbocycles. The van der Waals surface area contributed by atoms with Crippen molar-refractivity contribution < 1.29 is 85.5 Å². The summed E-state index contributed by atoms with van der Waals surface area (Å²) in [6.45, 7) is 5.60. The number of phosphoric ester groups is 3. The summed E-state index contributed by atoms with van der Waals surface area (Å²) < 4.78 is 65.4. The van der Waals surface area contributed by atoms with Gasteiger partial charge in [-0.15, -0.1) is 9.35 Å². The normalized spacial score (nSPS) is 21.9. The maximum absolute atomic E-state index is 12.5. The summed E-state index contributed by atoms with van der Waals surface area (Å²) in [6.07, 6.45) is -6.86. The van der Waals surface area contributed by atoms with Crippen LogP contribution >= 0.6 is 35.2 Å². The number of hydrogen-bond donors (Lipinski definition) is 9. The van der Waals surface area contributed by atoms with Crippen LogP contribution in [0.4, 0.5) is 5.82 Å². The van der Waals surface area contributed by atoms with Crippen LogP contribution in [-0.4, -0.2) is 123 Å². The van der Waals surface area contributed by atoms with E-state index in [1.54, 1.807) is 6.92 Å². The molecule has 10 N–H and O–H groups in total. The Morgan fingerprint density at radius 2 is 1.72 bits per heavy atom. The highest BCUT2D eigenvalue weighted by Gasteiger charge is 2.50. The zero-order valence-electron chi connectivity index (χ0n) is 28.7. The summed E-state index contributed by atoms with van der Waals surface area (Å²) in [5.74, 6) is -1.16. The largest absolute Gasteiger partial charge is 0.500 e. The van der Waals surface area contributed by atoms with Crippen molar-refractivity contribution in [3.05, 3.63) is 24.8 Å². The molecule has 29 heteroatoms. The van der Waals surface area contributed by atoms with Crippen molar-refractivity contribution in [1.29, 1.82) is 0 Å². The molecule has 1 aliphatic heterocycles. The lowest BCUT2D eigenvalue weighted by Gasteiger charge is -2.29. The summed E-state index contributed by atoms with van der Waals surface area (Å²) in [6, 6.07) is 0. The van der Waals surface area contributed by atoms with Gasteiger partial charge in [0, 0.05) is 30.7 Å². The third kappa shape index (κ3) is 13.5. The number of aliphatic hydroxyl groups excluding tert-OH is 2. The number of imidazole rings is 1. The van der Waals surface area contributed by atoms with Crippen LogP contribution in [0, 0.1) is 5.41 Å². The molecule has 2 amide bonds. The van der Waals surface area contributed by atoms with Crippen molar-refractivity contribution in [2.45, 2.75) is 57.8 Å². The van der Waals surface area contributed by atoms with Gasteiger partial charge in [-0.2, -0.15) is 0 Å². The lowest BCUT2D eigenvalue weighted by atomic mass is 9.87. The molecule has 2 aromatic rings. The monoisotopic (exact) mass is 851 g/mol. The van der Waals surface area contributed by atoms with Crippen LogP contribution in [0.1, 0.15) is 33.4 Å². The summed E-state index contributed by atoms with van der Waals surface area (Å²) in [5.41, 5.74) is 4.65.